The summed E-state index contributed by atoms with van der Waals surface area (Å²) in [6.45, 7) is 8.41. The van der Waals surface area contributed by atoms with Gasteiger partial charge in [0.25, 0.3) is 0 Å². The van der Waals surface area contributed by atoms with Crippen molar-refractivity contribution in [2.24, 2.45) is 0 Å². The third kappa shape index (κ3) is 2.04. The van der Waals surface area contributed by atoms with Crippen molar-refractivity contribution in [3.05, 3.63) is 11.7 Å². The van der Waals surface area contributed by atoms with Gasteiger partial charge >= 0.3 is 0 Å². The molecule has 1 aromatic rings. The fourth-order valence-corrected chi connectivity index (χ4v) is 1.77. The van der Waals surface area contributed by atoms with Gasteiger partial charge in [0.05, 0.1) is 5.54 Å². The van der Waals surface area contributed by atoms with E-state index in [-0.39, 0.29) is 5.54 Å². The Morgan fingerprint density at radius 3 is 2.33 bits per heavy atom. The monoisotopic (exact) mass is 209 g/mol. The Morgan fingerprint density at radius 1 is 1.27 bits per heavy atom. The number of aromatic nitrogens is 2. The van der Waals surface area contributed by atoms with Crippen molar-refractivity contribution in [2.75, 3.05) is 0 Å². The highest BCUT2D eigenvalue weighted by atomic mass is 16.5. The second-order valence-electron chi connectivity index (χ2n) is 4.99. The van der Waals surface area contributed by atoms with Crippen LogP contribution in [-0.4, -0.2) is 16.2 Å². The molecule has 1 N–H and O–H groups in total. The first-order valence-electron chi connectivity index (χ1n) is 5.65. The van der Waals surface area contributed by atoms with E-state index < -0.39 is 0 Å². The Morgan fingerprint density at radius 2 is 1.93 bits per heavy atom. The minimum Gasteiger partial charge on any atom is -0.339 e. The smallest absolute Gasteiger partial charge is 0.229 e. The van der Waals surface area contributed by atoms with E-state index in [1.54, 1.807) is 0 Å². The molecule has 84 valence electrons. The summed E-state index contributed by atoms with van der Waals surface area (Å²) in [5.41, 5.74) is 0.00477. The maximum Gasteiger partial charge on any atom is 0.229 e. The molecule has 1 saturated carbocycles. The normalized spacial score (nSPS) is 18.8. The first kappa shape index (κ1) is 10.6. The highest BCUT2D eigenvalue weighted by Crippen LogP contribution is 2.44. The molecule has 1 fully saturated rings. The summed E-state index contributed by atoms with van der Waals surface area (Å²) in [6, 6.07) is 0.452. The Hall–Kier alpha value is -0.900. The molecule has 1 aliphatic rings. The molecule has 0 unspecified atom stereocenters. The van der Waals surface area contributed by atoms with E-state index in [4.69, 9.17) is 4.52 Å². The van der Waals surface area contributed by atoms with Crippen LogP contribution in [0.3, 0.4) is 0 Å². The van der Waals surface area contributed by atoms with Gasteiger partial charge in [0.15, 0.2) is 5.82 Å². The van der Waals surface area contributed by atoms with E-state index in [1.165, 1.54) is 0 Å². The molecule has 0 saturated heterocycles. The first-order valence-corrected chi connectivity index (χ1v) is 5.65. The second kappa shape index (κ2) is 3.59. The molecular weight excluding hydrogens is 190 g/mol. The standard InChI is InChI=1S/C11H19N3O/c1-7(2)9-12-10(14-15-9)11(5-6-11)13-8(3)4/h7-8,13H,5-6H2,1-4H3. The van der Waals surface area contributed by atoms with Gasteiger partial charge in [-0.2, -0.15) is 4.98 Å². The number of hydrogen-bond acceptors (Lipinski definition) is 4. The maximum absolute atomic E-state index is 5.23. The number of nitrogens with one attached hydrogen (secondary N) is 1. The predicted octanol–water partition coefficient (Wildman–Crippen LogP) is 2.18. The summed E-state index contributed by atoms with van der Waals surface area (Å²) in [7, 11) is 0. The lowest BCUT2D eigenvalue weighted by Gasteiger charge is -2.16. The Kier molecular flexibility index (Phi) is 2.54. The molecule has 15 heavy (non-hydrogen) atoms. The van der Waals surface area contributed by atoms with Gasteiger partial charge in [-0.3, -0.25) is 0 Å². The zero-order valence-electron chi connectivity index (χ0n) is 9.87. The lowest BCUT2D eigenvalue weighted by molar-refractivity contribution is 0.347. The van der Waals surface area contributed by atoms with E-state index in [1.807, 2.05) is 0 Å². The molecule has 0 aliphatic heterocycles. The molecule has 0 atom stereocenters. The van der Waals surface area contributed by atoms with E-state index in [0.29, 0.717) is 12.0 Å². The molecule has 0 spiro atoms. The first-order chi connectivity index (χ1) is 7.03. The van der Waals surface area contributed by atoms with Gasteiger partial charge < -0.3 is 9.84 Å². The Labute approximate surface area is 90.4 Å². The lowest BCUT2D eigenvalue weighted by atomic mass is 10.2. The van der Waals surface area contributed by atoms with Crippen LogP contribution >= 0.6 is 0 Å². The molecule has 0 bridgehead atoms. The van der Waals surface area contributed by atoms with Crippen LogP contribution in [0.1, 0.15) is 58.2 Å². The Bertz CT molecular complexity index is 339. The number of nitrogens with zero attached hydrogens (tertiary/aromatic N) is 2. The third-order valence-electron chi connectivity index (χ3n) is 2.68. The van der Waals surface area contributed by atoms with Gasteiger partial charge in [-0.25, -0.2) is 0 Å². The van der Waals surface area contributed by atoms with Crippen molar-refractivity contribution in [3.8, 4) is 0 Å². The fourth-order valence-electron chi connectivity index (χ4n) is 1.77. The highest BCUT2D eigenvalue weighted by Gasteiger charge is 2.48. The molecule has 1 heterocycles. The average molecular weight is 209 g/mol. The van der Waals surface area contributed by atoms with Crippen molar-refractivity contribution in [1.29, 1.82) is 0 Å². The van der Waals surface area contributed by atoms with E-state index >= 15 is 0 Å². The van der Waals surface area contributed by atoms with Gasteiger partial charge in [-0.15, -0.1) is 0 Å². The van der Waals surface area contributed by atoms with Crippen LogP contribution < -0.4 is 5.32 Å². The van der Waals surface area contributed by atoms with E-state index in [0.717, 1.165) is 24.6 Å². The van der Waals surface area contributed by atoms with Crippen molar-refractivity contribution in [2.45, 2.75) is 58.0 Å². The topological polar surface area (TPSA) is 51.0 Å². The summed E-state index contributed by atoms with van der Waals surface area (Å²) in [4.78, 5) is 4.46. The number of hydrogen-bond donors (Lipinski definition) is 1. The quantitative estimate of drug-likeness (QED) is 0.825. The SMILES string of the molecule is CC(C)NC1(c2noc(C(C)C)n2)CC1. The molecule has 0 aromatic carbocycles. The Balaban J connectivity index is 2.15. The van der Waals surface area contributed by atoms with Crippen LogP contribution in [0.25, 0.3) is 0 Å². The van der Waals surface area contributed by atoms with Crippen LogP contribution in [0.4, 0.5) is 0 Å². The van der Waals surface area contributed by atoms with Crippen LogP contribution in [0, 0.1) is 0 Å². The summed E-state index contributed by atoms with van der Waals surface area (Å²) in [5, 5.41) is 7.59. The molecule has 1 aliphatic carbocycles. The predicted molar refractivity (Wildman–Crippen MR) is 57.6 cm³/mol. The summed E-state index contributed by atoms with van der Waals surface area (Å²) in [6.07, 6.45) is 2.23. The fraction of sp³-hybridized carbons (Fsp3) is 0.818. The van der Waals surface area contributed by atoms with Crippen molar-refractivity contribution < 1.29 is 4.52 Å². The van der Waals surface area contributed by atoms with Crippen LogP contribution in [-0.2, 0) is 5.54 Å². The minimum absolute atomic E-state index is 0.00477. The van der Waals surface area contributed by atoms with Gasteiger partial charge in [0.2, 0.25) is 5.89 Å². The van der Waals surface area contributed by atoms with Crippen molar-refractivity contribution in [3.63, 3.8) is 0 Å². The summed E-state index contributed by atoms with van der Waals surface area (Å²) < 4.78 is 5.23. The largest absolute Gasteiger partial charge is 0.339 e. The molecular formula is C11H19N3O. The van der Waals surface area contributed by atoms with Gasteiger partial charge in [0, 0.05) is 12.0 Å². The molecule has 4 heteroatoms. The minimum atomic E-state index is 0.00477. The van der Waals surface area contributed by atoms with E-state index in [9.17, 15) is 0 Å². The van der Waals surface area contributed by atoms with Gasteiger partial charge in [0.1, 0.15) is 0 Å². The molecule has 4 nitrogen and oxygen atoms in total. The summed E-state index contributed by atoms with van der Waals surface area (Å²) in [5.74, 6) is 1.88. The zero-order valence-corrected chi connectivity index (χ0v) is 9.87. The van der Waals surface area contributed by atoms with Gasteiger partial charge in [-0.1, -0.05) is 19.0 Å². The van der Waals surface area contributed by atoms with Crippen LogP contribution in [0.5, 0.6) is 0 Å². The van der Waals surface area contributed by atoms with Crippen molar-refractivity contribution >= 4 is 0 Å². The molecule has 0 amide bonds. The second-order valence-corrected chi connectivity index (χ2v) is 4.99. The molecule has 1 aromatic heterocycles. The lowest BCUT2D eigenvalue weighted by Crippen LogP contribution is -2.35. The van der Waals surface area contributed by atoms with Crippen LogP contribution in [0.15, 0.2) is 4.52 Å². The zero-order chi connectivity index (χ0) is 11.1. The summed E-state index contributed by atoms with van der Waals surface area (Å²) >= 11 is 0. The van der Waals surface area contributed by atoms with Gasteiger partial charge in [-0.05, 0) is 26.7 Å². The van der Waals surface area contributed by atoms with E-state index in [2.05, 4.69) is 43.2 Å². The highest BCUT2D eigenvalue weighted by molar-refractivity contribution is 5.16. The molecule has 2 rings (SSSR count). The maximum atomic E-state index is 5.23. The van der Waals surface area contributed by atoms with Crippen molar-refractivity contribution in [1.82, 2.24) is 15.5 Å². The number of rotatable bonds is 4. The molecule has 0 radical (unpaired) electrons. The average Bonchev–Trinajstić information content (AvgIpc) is 2.75. The third-order valence-corrected chi connectivity index (χ3v) is 2.68. The van der Waals surface area contributed by atoms with Crippen LogP contribution in [0.2, 0.25) is 0 Å².